The first kappa shape index (κ1) is 23.6. The van der Waals surface area contributed by atoms with Crippen LogP contribution in [0.2, 0.25) is 0 Å². The summed E-state index contributed by atoms with van der Waals surface area (Å²) in [6.45, 7) is 4.25. The molecule has 0 spiro atoms. The molecule has 1 aliphatic heterocycles. The van der Waals surface area contributed by atoms with Gasteiger partial charge in [0.25, 0.3) is 0 Å². The third-order valence-corrected chi connectivity index (χ3v) is 5.70. The molecule has 12 heteroatoms. The summed E-state index contributed by atoms with van der Waals surface area (Å²) < 4.78 is 59.2. The lowest BCUT2D eigenvalue weighted by molar-refractivity contribution is -0.192. The normalized spacial score (nSPS) is 21.2. The molecule has 1 saturated carbocycles. The number of carbonyl (C=O) groups is 1. The first-order chi connectivity index (χ1) is 13.4. The van der Waals surface area contributed by atoms with Crippen molar-refractivity contribution in [1.29, 1.82) is 0 Å². The standard InChI is InChI=1S/C15H26N4O2S.C2HF3O2/c1-22(20,21)17-8-14-10-18(9-13-4-2-3-5-13)12-15-6-7-16-19(15)11-14;3-2(4,5)1(6)7/h6-7,13-14,17H,2-5,8-12H2,1H3;(H,6,7). The van der Waals surface area contributed by atoms with E-state index in [4.69, 9.17) is 9.90 Å². The highest BCUT2D eigenvalue weighted by atomic mass is 32.2. The summed E-state index contributed by atoms with van der Waals surface area (Å²) in [6.07, 6.45) is 3.36. The Morgan fingerprint density at radius 1 is 1.28 bits per heavy atom. The van der Waals surface area contributed by atoms with Gasteiger partial charge in [-0.05, 0) is 24.8 Å². The minimum Gasteiger partial charge on any atom is -0.475 e. The van der Waals surface area contributed by atoms with Crippen molar-refractivity contribution < 1.29 is 31.5 Å². The number of carboxylic acids is 1. The number of nitrogens with one attached hydrogen (secondary N) is 1. The predicted octanol–water partition coefficient (Wildman–Crippen LogP) is 1.69. The molecule has 166 valence electrons. The van der Waals surface area contributed by atoms with Crippen LogP contribution in [0.25, 0.3) is 0 Å². The second kappa shape index (κ2) is 9.90. The predicted molar refractivity (Wildman–Crippen MR) is 99.5 cm³/mol. The van der Waals surface area contributed by atoms with Gasteiger partial charge in [-0.25, -0.2) is 17.9 Å². The van der Waals surface area contributed by atoms with E-state index in [1.807, 2.05) is 10.9 Å². The fourth-order valence-electron chi connectivity index (χ4n) is 3.72. The van der Waals surface area contributed by atoms with Crippen LogP contribution in [0.3, 0.4) is 0 Å². The number of hydrogen-bond donors (Lipinski definition) is 2. The maximum absolute atomic E-state index is 11.4. The smallest absolute Gasteiger partial charge is 0.475 e. The van der Waals surface area contributed by atoms with E-state index in [2.05, 4.69) is 20.8 Å². The molecule has 0 radical (unpaired) electrons. The number of aromatic nitrogens is 2. The molecule has 1 fully saturated rings. The van der Waals surface area contributed by atoms with Crippen molar-refractivity contribution in [3.8, 4) is 0 Å². The zero-order chi connectivity index (χ0) is 21.7. The molecule has 1 atom stereocenters. The van der Waals surface area contributed by atoms with Gasteiger partial charge in [0.2, 0.25) is 10.0 Å². The molecule has 1 aromatic heterocycles. The Morgan fingerprint density at radius 3 is 2.45 bits per heavy atom. The Balaban J connectivity index is 0.000000370. The summed E-state index contributed by atoms with van der Waals surface area (Å²) in [5, 5.41) is 11.5. The number of halogens is 3. The second-order valence-corrected chi connectivity index (χ2v) is 9.47. The number of carboxylic acid groups (broad SMARTS) is 1. The molecule has 3 rings (SSSR count). The number of fused-ring (bicyclic) bond motifs is 1. The van der Waals surface area contributed by atoms with Crippen LogP contribution >= 0.6 is 0 Å². The first-order valence-corrected chi connectivity index (χ1v) is 11.3. The average Bonchev–Trinajstić information content (AvgIpc) is 3.21. The number of alkyl halides is 3. The summed E-state index contributed by atoms with van der Waals surface area (Å²) in [5.74, 6) is -1.69. The topological polar surface area (TPSA) is 105 Å². The van der Waals surface area contributed by atoms with Gasteiger partial charge in [-0.15, -0.1) is 0 Å². The number of hydrogen-bond acceptors (Lipinski definition) is 5. The van der Waals surface area contributed by atoms with E-state index in [0.717, 1.165) is 32.1 Å². The van der Waals surface area contributed by atoms with E-state index >= 15 is 0 Å². The molecule has 1 aliphatic carbocycles. The van der Waals surface area contributed by atoms with Crippen LogP contribution in [0.1, 0.15) is 31.4 Å². The van der Waals surface area contributed by atoms with Gasteiger partial charge in [0.05, 0.1) is 11.9 Å². The van der Waals surface area contributed by atoms with Gasteiger partial charge in [0, 0.05) is 44.8 Å². The molecule has 1 unspecified atom stereocenters. The number of nitrogens with zero attached hydrogens (tertiary/aromatic N) is 3. The van der Waals surface area contributed by atoms with Crippen LogP contribution in [-0.4, -0.2) is 66.2 Å². The fourth-order valence-corrected chi connectivity index (χ4v) is 4.25. The summed E-state index contributed by atoms with van der Waals surface area (Å²) in [7, 11) is -3.14. The number of aliphatic carboxylic acids is 1. The number of sulfonamides is 1. The summed E-state index contributed by atoms with van der Waals surface area (Å²) >= 11 is 0. The van der Waals surface area contributed by atoms with Gasteiger partial charge < -0.3 is 5.11 Å². The minimum atomic E-state index is -5.08. The van der Waals surface area contributed by atoms with Gasteiger partial charge in [0.15, 0.2) is 0 Å². The average molecular weight is 440 g/mol. The minimum absolute atomic E-state index is 0.261. The largest absolute Gasteiger partial charge is 0.490 e. The third-order valence-electron chi connectivity index (χ3n) is 5.01. The van der Waals surface area contributed by atoms with Crippen molar-refractivity contribution in [2.24, 2.45) is 11.8 Å². The monoisotopic (exact) mass is 440 g/mol. The fraction of sp³-hybridized carbons (Fsp3) is 0.765. The molecule has 2 heterocycles. The highest BCUT2D eigenvalue weighted by molar-refractivity contribution is 7.88. The van der Waals surface area contributed by atoms with Crippen LogP contribution in [-0.2, 0) is 27.9 Å². The van der Waals surface area contributed by atoms with E-state index in [1.54, 1.807) is 0 Å². The third kappa shape index (κ3) is 8.31. The van der Waals surface area contributed by atoms with Gasteiger partial charge >= 0.3 is 12.1 Å². The van der Waals surface area contributed by atoms with Gasteiger partial charge in [-0.1, -0.05) is 12.8 Å². The Hall–Kier alpha value is -1.66. The second-order valence-electron chi connectivity index (χ2n) is 7.64. The Kier molecular flexibility index (Phi) is 8.06. The SMILES string of the molecule is CS(=O)(=O)NCC1CN(CC2CCCC2)Cc2ccnn2C1.O=C(O)C(F)(F)F. The van der Waals surface area contributed by atoms with Crippen LogP contribution < -0.4 is 4.72 Å². The zero-order valence-corrected chi connectivity index (χ0v) is 17.0. The van der Waals surface area contributed by atoms with E-state index < -0.39 is 22.2 Å². The molecule has 29 heavy (non-hydrogen) atoms. The van der Waals surface area contributed by atoms with E-state index in [9.17, 15) is 21.6 Å². The van der Waals surface area contributed by atoms with Crippen LogP contribution in [0.5, 0.6) is 0 Å². The summed E-state index contributed by atoms with van der Waals surface area (Å²) in [5.41, 5.74) is 1.24. The van der Waals surface area contributed by atoms with Crippen molar-refractivity contribution in [2.45, 2.75) is 44.9 Å². The quantitative estimate of drug-likeness (QED) is 0.722. The molecule has 0 amide bonds. The Labute approximate surface area is 168 Å². The Bertz CT molecular complexity index is 776. The zero-order valence-electron chi connectivity index (χ0n) is 16.2. The van der Waals surface area contributed by atoms with Crippen LogP contribution in [0.4, 0.5) is 13.2 Å². The highest BCUT2D eigenvalue weighted by Crippen LogP contribution is 2.27. The van der Waals surface area contributed by atoms with Crippen molar-refractivity contribution in [3.05, 3.63) is 18.0 Å². The summed E-state index contributed by atoms with van der Waals surface area (Å²) in [6, 6.07) is 2.08. The van der Waals surface area contributed by atoms with Crippen molar-refractivity contribution in [2.75, 3.05) is 25.9 Å². The van der Waals surface area contributed by atoms with Crippen molar-refractivity contribution >= 4 is 16.0 Å². The molecule has 0 saturated heterocycles. The van der Waals surface area contributed by atoms with E-state index in [0.29, 0.717) is 6.54 Å². The van der Waals surface area contributed by atoms with E-state index in [1.165, 1.54) is 37.6 Å². The van der Waals surface area contributed by atoms with Gasteiger partial charge in [-0.3, -0.25) is 9.58 Å². The highest BCUT2D eigenvalue weighted by Gasteiger charge is 2.38. The summed E-state index contributed by atoms with van der Waals surface area (Å²) in [4.78, 5) is 11.4. The molecular formula is C17H27F3N4O4S. The molecule has 2 N–H and O–H groups in total. The molecule has 0 aromatic carbocycles. The van der Waals surface area contributed by atoms with Crippen LogP contribution in [0, 0.1) is 11.8 Å². The number of rotatable bonds is 5. The molecule has 0 bridgehead atoms. The molecular weight excluding hydrogens is 413 g/mol. The first-order valence-electron chi connectivity index (χ1n) is 9.42. The maximum Gasteiger partial charge on any atom is 0.490 e. The Morgan fingerprint density at radius 2 is 1.90 bits per heavy atom. The van der Waals surface area contributed by atoms with Crippen molar-refractivity contribution in [1.82, 2.24) is 19.4 Å². The molecule has 1 aromatic rings. The van der Waals surface area contributed by atoms with E-state index in [-0.39, 0.29) is 5.92 Å². The van der Waals surface area contributed by atoms with Crippen LogP contribution in [0.15, 0.2) is 12.3 Å². The molecule has 8 nitrogen and oxygen atoms in total. The van der Waals surface area contributed by atoms with Gasteiger partial charge in [-0.2, -0.15) is 18.3 Å². The van der Waals surface area contributed by atoms with Gasteiger partial charge in [0.1, 0.15) is 0 Å². The lowest BCUT2D eigenvalue weighted by atomic mass is 10.1. The lowest BCUT2D eigenvalue weighted by Gasteiger charge is -2.26. The lowest BCUT2D eigenvalue weighted by Crippen LogP contribution is -2.37. The maximum atomic E-state index is 11.4. The molecule has 2 aliphatic rings. The van der Waals surface area contributed by atoms with Crippen molar-refractivity contribution in [3.63, 3.8) is 0 Å².